The molecule has 1 fully saturated rings. The third kappa shape index (κ3) is 4.63. The fourth-order valence-corrected chi connectivity index (χ4v) is 3.54. The van der Waals surface area contributed by atoms with Crippen LogP contribution >= 0.6 is 0 Å². The van der Waals surface area contributed by atoms with Crippen LogP contribution in [0.4, 0.5) is 14.6 Å². The molecule has 2 heterocycles. The predicted octanol–water partition coefficient (Wildman–Crippen LogP) is 3.78. The Morgan fingerprint density at radius 1 is 1.00 bits per heavy atom. The molecule has 8 heteroatoms. The Bertz CT molecular complexity index is 1070. The maximum Gasteiger partial charge on any atom is 0.256 e. The smallest absolute Gasteiger partial charge is 0.256 e. The number of hydrogen-bond acceptors (Lipinski definition) is 5. The highest BCUT2D eigenvalue weighted by molar-refractivity contribution is 5.94. The molecule has 0 N–H and O–H groups in total. The van der Waals surface area contributed by atoms with Gasteiger partial charge < -0.3 is 14.5 Å². The molecule has 0 bridgehead atoms. The van der Waals surface area contributed by atoms with Gasteiger partial charge >= 0.3 is 0 Å². The molecule has 1 aromatic heterocycles. The molecule has 160 valence electrons. The van der Waals surface area contributed by atoms with E-state index in [4.69, 9.17) is 4.74 Å². The lowest BCUT2D eigenvalue weighted by atomic mass is 10.1. The highest BCUT2D eigenvalue weighted by Crippen LogP contribution is 2.24. The molecule has 1 saturated heterocycles. The average Bonchev–Trinajstić information content (AvgIpc) is 2.80. The van der Waals surface area contributed by atoms with Crippen molar-refractivity contribution in [3.63, 3.8) is 0 Å². The second kappa shape index (κ2) is 9.07. The maximum atomic E-state index is 13.9. The van der Waals surface area contributed by atoms with Gasteiger partial charge in [0.15, 0.2) is 0 Å². The summed E-state index contributed by atoms with van der Waals surface area (Å²) in [5.41, 5.74) is 1.63. The summed E-state index contributed by atoms with van der Waals surface area (Å²) < 4.78 is 32.5. The first-order chi connectivity index (χ1) is 15.0. The van der Waals surface area contributed by atoms with Crippen molar-refractivity contribution in [3.05, 3.63) is 72.1 Å². The van der Waals surface area contributed by atoms with Crippen LogP contribution in [-0.2, 0) is 0 Å². The van der Waals surface area contributed by atoms with Gasteiger partial charge in [0.2, 0.25) is 0 Å². The molecule has 0 radical (unpaired) electrons. The van der Waals surface area contributed by atoms with E-state index >= 15 is 0 Å². The largest absolute Gasteiger partial charge is 0.494 e. The first-order valence-corrected chi connectivity index (χ1v) is 10.1. The topological polar surface area (TPSA) is 58.6 Å². The molecule has 0 aliphatic carbocycles. The minimum Gasteiger partial charge on any atom is -0.494 e. The summed E-state index contributed by atoms with van der Waals surface area (Å²) in [4.78, 5) is 25.0. The van der Waals surface area contributed by atoms with E-state index in [-0.39, 0.29) is 5.56 Å². The second-order valence-corrected chi connectivity index (χ2v) is 7.12. The molecule has 1 aliphatic heterocycles. The van der Waals surface area contributed by atoms with E-state index in [2.05, 4.69) is 14.9 Å². The summed E-state index contributed by atoms with van der Waals surface area (Å²) in [6, 6.07) is 12.6. The number of piperazine rings is 1. The van der Waals surface area contributed by atoms with Crippen molar-refractivity contribution < 1.29 is 18.3 Å². The van der Waals surface area contributed by atoms with Crippen LogP contribution < -0.4 is 9.64 Å². The van der Waals surface area contributed by atoms with Crippen molar-refractivity contribution in [1.82, 2.24) is 14.9 Å². The molecule has 1 amide bonds. The lowest BCUT2D eigenvalue weighted by molar-refractivity contribution is 0.0741. The summed E-state index contributed by atoms with van der Waals surface area (Å²) in [5, 5.41) is 0. The molecular weight excluding hydrogens is 402 g/mol. The van der Waals surface area contributed by atoms with Crippen molar-refractivity contribution in [2.45, 2.75) is 6.92 Å². The van der Waals surface area contributed by atoms with Crippen LogP contribution in [0.25, 0.3) is 11.3 Å². The Balaban J connectivity index is 1.43. The Morgan fingerprint density at radius 2 is 1.74 bits per heavy atom. The van der Waals surface area contributed by atoms with Crippen LogP contribution in [0, 0.1) is 11.6 Å². The van der Waals surface area contributed by atoms with E-state index in [0.717, 1.165) is 35.0 Å². The average molecular weight is 424 g/mol. The third-order valence-electron chi connectivity index (χ3n) is 5.17. The SMILES string of the molecule is CCOc1ccc(-c2cc(N3CCN(C(=O)c4ccc(F)cc4F)CC3)ncn2)cc1. The lowest BCUT2D eigenvalue weighted by Crippen LogP contribution is -2.49. The number of rotatable bonds is 5. The highest BCUT2D eigenvalue weighted by Gasteiger charge is 2.25. The van der Waals surface area contributed by atoms with Gasteiger partial charge in [-0.3, -0.25) is 4.79 Å². The number of amides is 1. The first-order valence-electron chi connectivity index (χ1n) is 10.1. The molecule has 0 spiro atoms. The maximum absolute atomic E-state index is 13.9. The van der Waals surface area contributed by atoms with Gasteiger partial charge in [-0.05, 0) is 43.3 Å². The van der Waals surface area contributed by atoms with Crippen LogP contribution in [0.15, 0.2) is 54.9 Å². The molecule has 3 aromatic rings. The number of anilines is 1. The molecular formula is C23H22F2N4O2. The molecule has 2 aromatic carbocycles. The van der Waals surface area contributed by atoms with Crippen LogP contribution in [-0.4, -0.2) is 53.6 Å². The van der Waals surface area contributed by atoms with Gasteiger partial charge in [-0.2, -0.15) is 0 Å². The van der Waals surface area contributed by atoms with E-state index in [1.807, 2.05) is 37.3 Å². The Kier molecular flexibility index (Phi) is 6.06. The van der Waals surface area contributed by atoms with Crippen molar-refractivity contribution in [2.24, 2.45) is 0 Å². The van der Waals surface area contributed by atoms with Crippen LogP contribution in [0.1, 0.15) is 17.3 Å². The summed E-state index contributed by atoms with van der Waals surface area (Å²) in [7, 11) is 0. The number of halogens is 2. The Hall–Kier alpha value is -3.55. The van der Waals surface area contributed by atoms with Crippen LogP contribution in [0.2, 0.25) is 0 Å². The van der Waals surface area contributed by atoms with Crippen LogP contribution in [0.3, 0.4) is 0 Å². The second-order valence-electron chi connectivity index (χ2n) is 7.12. The molecule has 4 rings (SSSR count). The minimum atomic E-state index is -0.844. The third-order valence-corrected chi connectivity index (χ3v) is 5.17. The van der Waals surface area contributed by atoms with E-state index < -0.39 is 17.5 Å². The molecule has 0 unspecified atom stereocenters. The van der Waals surface area contributed by atoms with Gasteiger partial charge in [-0.25, -0.2) is 18.7 Å². The number of ether oxygens (including phenoxy) is 1. The Labute approximate surface area is 179 Å². The van der Waals surface area contributed by atoms with Crippen molar-refractivity contribution in [3.8, 4) is 17.0 Å². The number of carbonyl (C=O) groups excluding carboxylic acids is 1. The molecule has 6 nitrogen and oxygen atoms in total. The number of nitrogens with zero attached hydrogens (tertiary/aromatic N) is 4. The highest BCUT2D eigenvalue weighted by atomic mass is 19.1. The number of benzene rings is 2. The lowest BCUT2D eigenvalue weighted by Gasteiger charge is -2.35. The van der Waals surface area contributed by atoms with Crippen molar-refractivity contribution in [1.29, 1.82) is 0 Å². The van der Waals surface area contributed by atoms with Crippen LogP contribution in [0.5, 0.6) is 5.75 Å². The molecule has 0 atom stereocenters. The summed E-state index contributed by atoms with van der Waals surface area (Å²) in [5.74, 6) is -0.415. The van der Waals surface area contributed by atoms with Gasteiger partial charge in [0.05, 0.1) is 17.9 Å². The first kappa shape index (κ1) is 20.7. The van der Waals surface area contributed by atoms with Gasteiger partial charge in [0, 0.05) is 43.9 Å². The molecule has 31 heavy (non-hydrogen) atoms. The van der Waals surface area contributed by atoms with Gasteiger partial charge in [-0.15, -0.1) is 0 Å². The standard InChI is InChI=1S/C23H22F2N4O2/c1-2-31-18-6-3-16(4-7-18)21-14-22(27-15-26-21)28-9-11-29(12-10-28)23(30)19-8-5-17(24)13-20(19)25/h3-8,13-15H,2,9-12H2,1H3. The van der Waals surface area contributed by atoms with E-state index in [1.54, 1.807) is 4.90 Å². The van der Waals surface area contributed by atoms with Gasteiger partial charge in [0.1, 0.15) is 29.5 Å². The molecule has 0 saturated carbocycles. The summed E-state index contributed by atoms with van der Waals surface area (Å²) in [6.45, 7) is 4.48. The minimum absolute atomic E-state index is 0.116. The zero-order valence-electron chi connectivity index (χ0n) is 17.1. The fraction of sp³-hybridized carbons (Fsp3) is 0.261. The van der Waals surface area contributed by atoms with E-state index in [9.17, 15) is 13.6 Å². The molecule has 1 aliphatic rings. The van der Waals surface area contributed by atoms with Gasteiger partial charge in [0.25, 0.3) is 5.91 Å². The van der Waals surface area contributed by atoms with Gasteiger partial charge in [-0.1, -0.05) is 0 Å². The number of aromatic nitrogens is 2. The zero-order valence-corrected chi connectivity index (χ0v) is 17.1. The normalized spacial score (nSPS) is 13.9. The summed E-state index contributed by atoms with van der Waals surface area (Å²) >= 11 is 0. The fourth-order valence-electron chi connectivity index (χ4n) is 3.54. The zero-order chi connectivity index (χ0) is 21.8. The predicted molar refractivity (Wildman–Crippen MR) is 113 cm³/mol. The quantitative estimate of drug-likeness (QED) is 0.624. The van der Waals surface area contributed by atoms with E-state index in [0.29, 0.717) is 32.8 Å². The van der Waals surface area contributed by atoms with Crippen molar-refractivity contribution in [2.75, 3.05) is 37.7 Å². The van der Waals surface area contributed by atoms with E-state index in [1.165, 1.54) is 12.4 Å². The summed E-state index contributed by atoms with van der Waals surface area (Å²) in [6.07, 6.45) is 1.52. The number of carbonyl (C=O) groups is 1. The van der Waals surface area contributed by atoms with Crippen molar-refractivity contribution >= 4 is 11.7 Å². The Morgan fingerprint density at radius 3 is 2.42 bits per heavy atom. The monoisotopic (exact) mass is 424 g/mol. The number of hydrogen-bond donors (Lipinski definition) is 0.